The molecule has 1 fully saturated rings. The van der Waals surface area contributed by atoms with E-state index in [0.717, 1.165) is 6.42 Å². The van der Waals surface area contributed by atoms with Crippen molar-refractivity contribution in [2.75, 3.05) is 13.1 Å². The Morgan fingerprint density at radius 3 is 2.56 bits per heavy atom. The molecule has 0 spiro atoms. The zero-order valence-corrected chi connectivity index (χ0v) is 12.2. The van der Waals surface area contributed by atoms with E-state index in [0.29, 0.717) is 25.9 Å². The number of halogens is 1. The Hall–Kier alpha value is -0.810. The van der Waals surface area contributed by atoms with Crippen LogP contribution in [0.2, 0.25) is 0 Å². The van der Waals surface area contributed by atoms with Gasteiger partial charge in [0, 0.05) is 25.0 Å². The Bertz CT molecular complexity index is 302. The van der Waals surface area contributed by atoms with Gasteiger partial charge in [0.1, 0.15) is 6.04 Å². The maximum atomic E-state index is 12.0. The Morgan fingerprint density at radius 2 is 2.17 bits per heavy atom. The number of nitrogens with two attached hydrogens (primary N) is 1. The van der Waals surface area contributed by atoms with Gasteiger partial charge in [0.25, 0.3) is 0 Å². The van der Waals surface area contributed by atoms with Crippen LogP contribution in [0.25, 0.3) is 0 Å². The van der Waals surface area contributed by atoms with Gasteiger partial charge >= 0.3 is 0 Å². The summed E-state index contributed by atoms with van der Waals surface area (Å²) in [6, 6.07) is -0.340. The van der Waals surface area contributed by atoms with Crippen molar-refractivity contribution >= 4 is 24.2 Å². The number of amides is 2. The van der Waals surface area contributed by atoms with Gasteiger partial charge in [-0.2, -0.15) is 0 Å². The van der Waals surface area contributed by atoms with Gasteiger partial charge in [0.05, 0.1) is 0 Å². The molecule has 1 aliphatic rings. The normalized spacial score (nSPS) is 17.3. The van der Waals surface area contributed by atoms with Crippen molar-refractivity contribution in [3.05, 3.63) is 0 Å². The van der Waals surface area contributed by atoms with E-state index in [9.17, 15) is 9.59 Å². The first-order valence-electron chi connectivity index (χ1n) is 6.21. The quantitative estimate of drug-likeness (QED) is 0.775. The van der Waals surface area contributed by atoms with Gasteiger partial charge in [0.2, 0.25) is 11.8 Å². The predicted molar refractivity (Wildman–Crippen MR) is 73.6 cm³/mol. The van der Waals surface area contributed by atoms with Gasteiger partial charge in [-0.25, -0.2) is 0 Å². The third-order valence-electron chi connectivity index (χ3n) is 2.89. The minimum Gasteiger partial charge on any atom is -0.352 e. The number of carbonyl (C=O) groups excluding carboxylic acids is 2. The summed E-state index contributed by atoms with van der Waals surface area (Å²) in [5.74, 6) is -0.0136. The summed E-state index contributed by atoms with van der Waals surface area (Å²) in [6.45, 7) is 6.75. The molecule has 6 heteroatoms. The molecule has 0 bridgehead atoms. The Balaban J connectivity index is 0.00000289. The summed E-state index contributed by atoms with van der Waals surface area (Å²) in [5.41, 5.74) is 5.38. The molecule has 2 amide bonds. The zero-order valence-electron chi connectivity index (χ0n) is 11.4. The van der Waals surface area contributed by atoms with E-state index in [4.69, 9.17) is 5.73 Å². The standard InChI is InChI=1S/C12H23N3O2.ClH/c1-4-9(15-7-5-6-10(15)16)11(17)14-8-12(2,3)13;/h9H,4-8,13H2,1-3H3,(H,14,17);1H. The van der Waals surface area contributed by atoms with E-state index < -0.39 is 5.54 Å². The zero-order chi connectivity index (χ0) is 13.1. The van der Waals surface area contributed by atoms with Gasteiger partial charge in [-0.3, -0.25) is 9.59 Å². The molecule has 18 heavy (non-hydrogen) atoms. The number of likely N-dealkylation sites (tertiary alicyclic amines) is 1. The summed E-state index contributed by atoms with van der Waals surface area (Å²) < 4.78 is 0. The van der Waals surface area contributed by atoms with Crippen molar-refractivity contribution in [3.63, 3.8) is 0 Å². The summed E-state index contributed by atoms with van der Waals surface area (Å²) in [6.07, 6.45) is 2.06. The number of nitrogens with zero attached hydrogens (tertiary/aromatic N) is 1. The van der Waals surface area contributed by atoms with E-state index >= 15 is 0 Å². The fourth-order valence-electron chi connectivity index (χ4n) is 1.98. The average molecular weight is 278 g/mol. The summed E-state index contributed by atoms with van der Waals surface area (Å²) in [4.78, 5) is 25.3. The van der Waals surface area contributed by atoms with Crippen LogP contribution in [-0.4, -0.2) is 41.4 Å². The summed E-state index contributed by atoms with van der Waals surface area (Å²) in [7, 11) is 0. The van der Waals surface area contributed by atoms with Crippen LogP contribution in [-0.2, 0) is 9.59 Å². The highest BCUT2D eigenvalue weighted by Crippen LogP contribution is 2.15. The van der Waals surface area contributed by atoms with Crippen LogP contribution in [0.1, 0.15) is 40.0 Å². The van der Waals surface area contributed by atoms with Crippen molar-refractivity contribution in [1.82, 2.24) is 10.2 Å². The lowest BCUT2D eigenvalue weighted by Crippen LogP contribution is -2.52. The van der Waals surface area contributed by atoms with Crippen LogP contribution in [0.15, 0.2) is 0 Å². The maximum Gasteiger partial charge on any atom is 0.242 e. The largest absolute Gasteiger partial charge is 0.352 e. The van der Waals surface area contributed by atoms with Crippen LogP contribution in [0.5, 0.6) is 0 Å². The molecule has 0 aromatic carbocycles. The first kappa shape index (κ1) is 17.2. The van der Waals surface area contributed by atoms with Crippen molar-refractivity contribution in [2.24, 2.45) is 5.73 Å². The fourth-order valence-corrected chi connectivity index (χ4v) is 1.98. The second-order valence-electron chi connectivity index (χ2n) is 5.32. The molecule has 1 unspecified atom stereocenters. The predicted octanol–water partition coefficient (Wildman–Crippen LogP) is 0.663. The molecule has 5 nitrogen and oxygen atoms in total. The van der Waals surface area contributed by atoms with Crippen molar-refractivity contribution in [1.29, 1.82) is 0 Å². The number of hydrogen-bond donors (Lipinski definition) is 2. The smallest absolute Gasteiger partial charge is 0.242 e. The van der Waals surface area contributed by atoms with Gasteiger partial charge in [-0.15, -0.1) is 12.4 Å². The molecule has 3 N–H and O–H groups in total. The molecular weight excluding hydrogens is 254 g/mol. The van der Waals surface area contributed by atoms with E-state index in [-0.39, 0.29) is 30.3 Å². The third kappa shape index (κ3) is 4.82. The van der Waals surface area contributed by atoms with Crippen molar-refractivity contribution in [2.45, 2.75) is 51.6 Å². The Kier molecular flexibility index (Phi) is 6.63. The SMILES string of the molecule is CCC(C(=O)NCC(C)(C)N)N1CCCC1=O.Cl. The molecule has 0 saturated carbocycles. The highest BCUT2D eigenvalue weighted by Gasteiger charge is 2.31. The molecule has 106 valence electrons. The van der Waals surface area contributed by atoms with Crippen molar-refractivity contribution in [3.8, 4) is 0 Å². The Morgan fingerprint density at radius 1 is 1.56 bits per heavy atom. The molecule has 1 rings (SSSR count). The number of nitrogens with one attached hydrogen (secondary N) is 1. The molecule has 1 atom stereocenters. The van der Waals surface area contributed by atoms with Crippen LogP contribution >= 0.6 is 12.4 Å². The minimum atomic E-state index is -0.428. The highest BCUT2D eigenvalue weighted by atomic mass is 35.5. The Labute approximate surface area is 115 Å². The highest BCUT2D eigenvalue weighted by molar-refractivity contribution is 5.88. The van der Waals surface area contributed by atoms with Crippen LogP contribution in [0.3, 0.4) is 0 Å². The second-order valence-corrected chi connectivity index (χ2v) is 5.32. The average Bonchev–Trinajstić information content (AvgIpc) is 2.62. The van der Waals surface area contributed by atoms with Gasteiger partial charge in [-0.1, -0.05) is 6.92 Å². The second kappa shape index (κ2) is 6.95. The van der Waals surface area contributed by atoms with E-state index in [1.807, 2.05) is 20.8 Å². The number of carbonyl (C=O) groups is 2. The van der Waals surface area contributed by atoms with E-state index in [1.54, 1.807) is 4.90 Å². The molecule has 0 aromatic heterocycles. The first-order chi connectivity index (χ1) is 7.85. The molecule has 1 saturated heterocycles. The molecule has 0 aromatic rings. The van der Waals surface area contributed by atoms with Gasteiger partial charge in [-0.05, 0) is 26.7 Å². The molecule has 0 radical (unpaired) electrons. The monoisotopic (exact) mass is 277 g/mol. The third-order valence-corrected chi connectivity index (χ3v) is 2.89. The van der Waals surface area contributed by atoms with Crippen LogP contribution < -0.4 is 11.1 Å². The van der Waals surface area contributed by atoms with Crippen LogP contribution in [0.4, 0.5) is 0 Å². The van der Waals surface area contributed by atoms with Gasteiger partial charge < -0.3 is 16.0 Å². The minimum absolute atomic E-state index is 0. The number of hydrogen-bond acceptors (Lipinski definition) is 3. The summed E-state index contributed by atoms with van der Waals surface area (Å²) in [5, 5.41) is 2.81. The van der Waals surface area contributed by atoms with E-state index in [1.165, 1.54) is 0 Å². The molecule has 1 heterocycles. The lowest BCUT2D eigenvalue weighted by molar-refractivity contribution is -0.137. The lowest BCUT2D eigenvalue weighted by atomic mass is 10.1. The number of rotatable bonds is 5. The van der Waals surface area contributed by atoms with Gasteiger partial charge in [0.15, 0.2) is 0 Å². The molecule has 1 aliphatic heterocycles. The first-order valence-corrected chi connectivity index (χ1v) is 6.21. The fraction of sp³-hybridized carbons (Fsp3) is 0.833. The molecule has 0 aliphatic carbocycles. The summed E-state index contributed by atoms with van der Waals surface area (Å²) >= 11 is 0. The maximum absolute atomic E-state index is 12.0. The molecular formula is C12H24ClN3O2. The lowest BCUT2D eigenvalue weighted by Gasteiger charge is -2.27. The topological polar surface area (TPSA) is 75.4 Å². The van der Waals surface area contributed by atoms with Crippen LogP contribution in [0, 0.1) is 0 Å². The van der Waals surface area contributed by atoms with Crippen molar-refractivity contribution < 1.29 is 9.59 Å². The van der Waals surface area contributed by atoms with E-state index in [2.05, 4.69) is 5.32 Å².